The topological polar surface area (TPSA) is 51.2 Å². The van der Waals surface area contributed by atoms with E-state index in [1.165, 1.54) is 0 Å². The second kappa shape index (κ2) is 3.58. The highest BCUT2D eigenvalue weighted by atomic mass is 32.1. The molecule has 0 fully saturated rings. The first-order valence-corrected chi connectivity index (χ1v) is 4.12. The van der Waals surface area contributed by atoms with Gasteiger partial charge in [0, 0.05) is 0 Å². The van der Waals surface area contributed by atoms with Crippen molar-refractivity contribution in [3.8, 4) is 0 Å². The van der Waals surface area contributed by atoms with Crippen molar-refractivity contribution in [3.05, 3.63) is 23.7 Å². The minimum absolute atomic E-state index is 0.0381. The predicted molar refractivity (Wildman–Crippen MR) is 51.8 cm³/mol. The van der Waals surface area contributed by atoms with Crippen LogP contribution in [-0.2, 0) is 0 Å². The molecule has 0 spiro atoms. The predicted octanol–water partition coefficient (Wildman–Crippen LogP) is 1.48. The highest BCUT2D eigenvalue weighted by molar-refractivity contribution is 7.80. The third-order valence-electron chi connectivity index (χ3n) is 1.55. The zero-order valence-corrected chi connectivity index (χ0v) is 7.94. The Kier molecular flexibility index (Phi) is 2.70. The second-order valence-corrected chi connectivity index (χ2v) is 3.12. The number of aryl methyl sites for hydroxylation is 1. The van der Waals surface area contributed by atoms with Crippen molar-refractivity contribution < 1.29 is 4.42 Å². The third-order valence-corrected chi connectivity index (χ3v) is 1.66. The van der Waals surface area contributed by atoms with Crippen LogP contribution in [0.1, 0.15) is 24.5 Å². The zero-order chi connectivity index (χ0) is 9.14. The van der Waals surface area contributed by atoms with Gasteiger partial charge in [-0.05, 0) is 38.2 Å². The van der Waals surface area contributed by atoms with Crippen molar-refractivity contribution in [3.63, 3.8) is 0 Å². The molecule has 1 heterocycles. The summed E-state index contributed by atoms with van der Waals surface area (Å²) in [6.07, 6.45) is 0. The van der Waals surface area contributed by atoms with Crippen LogP contribution >= 0.6 is 12.2 Å². The van der Waals surface area contributed by atoms with E-state index in [1.807, 2.05) is 26.0 Å². The van der Waals surface area contributed by atoms with Gasteiger partial charge >= 0.3 is 0 Å². The van der Waals surface area contributed by atoms with Crippen molar-refractivity contribution in [2.75, 3.05) is 0 Å². The Morgan fingerprint density at radius 1 is 1.67 bits per heavy atom. The number of hydrogen-bond acceptors (Lipinski definition) is 2. The van der Waals surface area contributed by atoms with E-state index in [9.17, 15) is 0 Å². The summed E-state index contributed by atoms with van der Waals surface area (Å²) < 4.78 is 5.37. The average molecular weight is 184 g/mol. The molecule has 1 unspecified atom stereocenters. The van der Waals surface area contributed by atoms with Crippen LogP contribution in [-0.4, -0.2) is 5.11 Å². The molecule has 0 radical (unpaired) electrons. The molecule has 0 aliphatic rings. The molecule has 4 heteroatoms. The Labute approximate surface area is 76.9 Å². The summed E-state index contributed by atoms with van der Waals surface area (Å²) in [4.78, 5) is 0. The van der Waals surface area contributed by atoms with Crippen LogP contribution in [0, 0.1) is 6.92 Å². The van der Waals surface area contributed by atoms with Gasteiger partial charge in [-0.15, -0.1) is 0 Å². The fourth-order valence-corrected chi connectivity index (χ4v) is 1.15. The van der Waals surface area contributed by atoms with Crippen molar-refractivity contribution >= 4 is 17.3 Å². The molecule has 12 heavy (non-hydrogen) atoms. The number of thiocarbonyl (C=S) groups is 1. The lowest BCUT2D eigenvalue weighted by Gasteiger charge is -2.09. The Morgan fingerprint density at radius 2 is 2.33 bits per heavy atom. The quantitative estimate of drug-likeness (QED) is 0.684. The fourth-order valence-electron chi connectivity index (χ4n) is 0.971. The van der Waals surface area contributed by atoms with E-state index in [2.05, 4.69) is 5.32 Å². The van der Waals surface area contributed by atoms with Gasteiger partial charge in [0.2, 0.25) is 0 Å². The Hall–Kier alpha value is -1.03. The van der Waals surface area contributed by atoms with E-state index < -0.39 is 0 Å². The van der Waals surface area contributed by atoms with Crippen molar-refractivity contribution in [2.24, 2.45) is 5.73 Å². The molecule has 0 aliphatic carbocycles. The number of rotatable bonds is 2. The van der Waals surface area contributed by atoms with E-state index in [1.54, 1.807) is 0 Å². The zero-order valence-electron chi connectivity index (χ0n) is 7.13. The minimum atomic E-state index is 0.0381. The molecule has 1 rings (SSSR count). The molecule has 0 saturated heterocycles. The Morgan fingerprint density at radius 3 is 2.75 bits per heavy atom. The van der Waals surface area contributed by atoms with Gasteiger partial charge in [0.05, 0.1) is 6.04 Å². The van der Waals surface area contributed by atoms with Crippen LogP contribution in [0.4, 0.5) is 0 Å². The summed E-state index contributed by atoms with van der Waals surface area (Å²) in [6.45, 7) is 3.84. The maximum atomic E-state index is 5.37. The van der Waals surface area contributed by atoms with Crippen LogP contribution in [0.2, 0.25) is 0 Å². The maximum Gasteiger partial charge on any atom is 0.164 e. The lowest BCUT2D eigenvalue weighted by Crippen LogP contribution is -2.31. The summed E-state index contributed by atoms with van der Waals surface area (Å²) in [7, 11) is 0. The first-order chi connectivity index (χ1) is 5.59. The first kappa shape index (κ1) is 9.06. The molecule has 3 nitrogen and oxygen atoms in total. The molecule has 0 saturated carbocycles. The van der Waals surface area contributed by atoms with E-state index in [0.29, 0.717) is 0 Å². The summed E-state index contributed by atoms with van der Waals surface area (Å²) >= 11 is 4.70. The van der Waals surface area contributed by atoms with Crippen molar-refractivity contribution in [1.82, 2.24) is 5.32 Å². The highest BCUT2D eigenvalue weighted by Crippen LogP contribution is 2.14. The van der Waals surface area contributed by atoms with Crippen LogP contribution in [0.3, 0.4) is 0 Å². The van der Waals surface area contributed by atoms with Gasteiger partial charge in [0.15, 0.2) is 5.11 Å². The minimum Gasteiger partial charge on any atom is -0.464 e. The van der Waals surface area contributed by atoms with Crippen LogP contribution < -0.4 is 11.1 Å². The van der Waals surface area contributed by atoms with Gasteiger partial charge in [-0.25, -0.2) is 0 Å². The third kappa shape index (κ3) is 2.23. The van der Waals surface area contributed by atoms with E-state index in [0.717, 1.165) is 11.5 Å². The molecule has 66 valence electrons. The van der Waals surface area contributed by atoms with Crippen molar-refractivity contribution in [2.45, 2.75) is 19.9 Å². The average Bonchev–Trinajstić information content (AvgIpc) is 2.34. The lowest BCUT2D eigenvalue weighted by molar-refractivity contribution is 0.444. The lowest BCUT2D eigenvalue weighted by atomic mass is 10.2. The SMILES string of the molecule is Cc1ccc(C(C)NC(N)=S)o1. The fraction of sp³-hybridized carbons (Fsp3) is 0.375. The molecule has 0 amide bonds. The Balaban J connectivity index is 2.64. The molecule has 0 aromatic carbocycles. The molecular formula is C8H12N2OS. The normalized spacial score (nSPS) is 12.5. The molecule has 1 atom stereocenters. The van der Waals surface area contributed by atoms with Gasteiger partial charge in [-0.2, -0.15) is 0 Å². The number of furan rings is 1. The summed E-state index contributed by atoms with van der Waals surface area (Å²) in [5.41, 5.74) is 5.32. The van der Waals surface area contributed by atoms with Gasteiger partial charge < -0.3 is 15.5 Å². The van der Waals surface area contributed by atoms with Gasteiger partial charge in [0.25, 0.3) is 0 Å². The molecule has 3 N–H and O–H groups in total. The summed E-state index contributed by atoms with van der Waals surface area (Å²) in [6, 6.07) is 3.86. The van der Waals surface area contributed by atoms with Crippen molar-refractivity contribution in [1.29, 1.82) is 0 Å². The molecule has 1 aromatic heterocycles. The smallest absolute Gasteiger partial charge is 0.164 e. The number of hydrogen-bond donors (Lipinski definition) is 2. The van der Waals surface area contributed by atoms with E-state index in [4.69, 9.17) is 22.4 Å². The summed E-state index contributed by atoms with van der Waals surface area (Å²) in [5, 5.41) is 3.18. The molecule has 0 bridgehead atoms. The highest BCUT2D eigenvalue weighted by Gasteiger charge is 2.08. The van der Waals surface area contributed by atoms with E-state index in [-0.39, 0.29) is 11.2 Å². The van der Waals surface area contributed by atoms with Gasteiger partial charge in [0.1, 0.15) is 11.5 Å². The van der Waals surface area contributed by atoms with Crippen LogP contribution in [0.25, 0.3) is 0 Å². The van der Waals surface area contributed by atoms with Crippen LogP contribution in [0.15, 0.2) is 16.5 Å². The molecule has 1 aromatic rings. The standard InChI is InChI=1S/C8H12N2OS/c1-5-3-4-7(11-5)6(2)10-8(9)12/h3-4,6H,1-2H3,(H3,9,10,12). The van der Waals surface area contributed by atoms with Gasteiger partial charge in [-0.3, -0.25) is 0 Å². The number of nitrogens with two attached hydrogens (primary N) is 1. The monoisotopic (exact) mass is 184 g/mol. The van der Waals surface area contributed by atoms with E-state index >= 15 is 0 Å². The van der Waals surface area contributed by atoms with Gasteiger partial charge in [-0.1, -0.05) is 0 Å². The molecular weight excluding hydrogens is 172 g/mol. The first-order valence-electron chi connectivity index (χ1n) is 3.72. The molecule has 0 aliphatic heterocycles. The van der Waals surface area contributed by atoms with Crippen LogP contribution in [0.5, 0.6) is 0 Å². The largest absolute Gasteiger partial charge is 0.464 e. The Bertz CT molecular complexity index is 282. The maximum absolute atomic E-state index is 5.37. The second-order valence-electron chi connectivity index (χ2n) is 2.68. The number of nitrogens with one attached hydrogen (secondary N) is 1. The summed E-state index contributed by atoms with van der Waals surface area (Å²) in [5.74, 6) is 1.74.